The third kappa shape index (κ3) is 4.90. The Morgan fingerprint density at radius 3 is 2.15 bits per heavy atom. The second-order valence-corrected chi connectivity index (χ2v) is 3.47. The second kappa shape index (κ2) is 8.17. The number of hydrazine groups is 2. The first kappa shape index (κ1) is 17.9. The van der Waals surface area contributed by atoms with E-state index in [2.05, 4.69) is 4.98 Å². The summed E-state index contributed by atoms with van der Waals surface area (Å²) in [6, 6.07) is 3.08. The van der Waals surface area contributed by atoms with Crippen molar-refractivity contribution in [2.75, 3.05) is 0 Å². The van der Waals surface area contributed by atoms with Gasteiger partial charge in [-0.2, -0.15) is 5.01 Å². The summed E-state index contributed by atoms with van der Waals surface area (Å²) in [5, 5.41) is 17.3. The monoisotopic (exact) mass is 304 g/mol. The Hall–Kier alpha value is -2.07. The normalized spacial score (nSPS) is 13.7. The third-order valence-corrected chi connectivity index (χ3v) is 2.14. The van der Waals surface area contributed by atoms with E-state index in [1.807, 2.05) is 0 Å². The van der Waals surface area contributed by atoms with Crippen LogP contribution in [0.3, 0.4) is 0 Å². The SMILES string of the molecule is Cl.NN(O)N1C(=O)CCC1=O.O=C(O)c1cccnc1. The Morgan fingerprint density at radius 1 is 1.35 bits per heavy atom. The van der Waals surface area contributed by atoms with Crippen LogP contribution in [0.15, 0.2) is 24.5 Å². The van der Waals surface area contributed by atoms with E-state index in [4.69, 9.17) is 16.2 Å². The van der Waals surface area contributed by atoms with Gasteiger partial charge in [-0.25, -0.2) is 10.6 Å². The van der Waals surface area contributed by atoms with Crippen LogP contribution < -0.4 is 5.84 Å². The molecule has 0 bridgehead atoms. The van der Waals surface area contributed by atoms with Gasteiger partial charge in [0.05, 0.1) is 5.56 Å². The van der Waals surface area contributed by atoms with Crippen molar-refractivity contribution in [2.24, 2.45) is 5.84 Å². The molecule has 0 unspecified atom stereocenters. The summed E-state index contributed by atoms with van der Waals surface area (Å²) in [6.45, 7) is 0. The molecular formula is C10H13ClN4O5. The number of rotatable bonds is 2. The summed E-state index contributed by atoms with van der Waals surface area (Å²) in [5.74, 6) is 2.86. The van der Waals surface area contributed by atoms with Crippen LogP contribution in [0.1, 0.15) is 23.2 Å². The van der Waals surface area contributed by atoms with Crippen molar-refractivity contribution in [2.45, 2.75) is 12.8 Å². The number of carboxylic acid groups (broad SMARTS) is 1. The molecule has 1 aromatic rings. The second-order valence-electron chi connectivity index (χ2n) is 3.47. The molecule has 1 saturated heterocycles. The largest absolute Gasteiger partial charge is 0.478 e. The summed E-state index contributed by atoms with van der Waals surface area (Å²) < 4.78 is 0. The fourth-order valence-electron chi connectivity index (χ4n) is 1.28. The number of carboxylic acids is 1. The van der Waals surface area contributed by atoms with E-state index in [0.29, 0.717) is 5.01 Å². The first-order valence-corrected chi connectivity index (χ1v) is 5.16. The highest BCUT2D eigenvalue weighted by molar-refractivity contribution is 6.01. The Bertz CT molecular complexity index is 466. The van der Waals surface area contributed by atoms with Crippen molar-refractivity contribution in [3.63, 3.8) is 0 Å². The molecule has 1 aliphatic rings. The lowest BCUT2D eigenvalue weighted by Gasteiger charge is -2.17. The predicted octanol–water partition coefficient (Wildman–Crippen LogP) is -0.183. The molecule has 0 aliphatic carbocycles. The van der Waals surface area contributed by atoms with Crippen molar-refractivity contribution >= 4 is 30.2 Å². The Labute approximate surface area is 119 Å². The predicted molar refractivity (Wildman–Crippen MR) is 67.3 cm³/mol. The number of carbonyl (C=O) groups excluding carboxylic acids is 2. The number of imide groups is 1. The number of nitrogens with two attached hydrogens (primary N) is 1. The number of pyridine rings is 1. The molecule has 110 valence electrons. The third-order valence-electron chi connectivity index (χ3n) is 2.14. The average molecular weight is 305 g/mol. The molecular weight excluding hydrogens is 292 g/mol. The Kier molecular flexibility index (Phi) is 7.33. The van der Waals surface area contributed by atoms with Gasteiger partial charge in [0.1, 0.15) is 0 Å². The summed E-state index contributed by atoms with van der Waals surface area (Å²) in [5.41, 5.74) is 0.220. The Balaban J connectivity index is 0.000000345. The van der Waals surface area contributed by atoms with E-state index in [1.54, 1.807) is 6.07 Å². The Morgan fingerprint density at radius 2 is 1.90 bits per heavy atom. The van der Waals surface area contributed by atoms with Crippen molar-refractivity contribution in [1.82, 2.24) is 15.3 Å². The van der Waals surface area contributed by atoms with E-state index >= 15 is 0 Å². The van der Waals surface area contributed by atoms with Crippen LogP contribution in [0.25, 0.3) is 0 Å². The number of amides is 2. The minimum absolute atomic E-state index is 0. The highest BCUT2D eigenvalue weighted by Gasteiger charge is 2.32. The van der Waals surface area contributed by atoms with Crippen LogP contribution in [-0.2, 0) is 9.59 Å². The molecule has 1 aliphatic heterocycles. The van der Waals surface area contributed by atoms with Crippen LogP contribution in [0, 0.1) is 0 Å². The molecule has 10 heteroatoms. The van der Waals surface area contributed by atoms with Gasteiger partial charge >= 0.3 is 5.97 Å². The van der Waals surface area contributed by atoms with Gasteiger partial charge in [-0.3, -0.25) is 19.8 Å². The van der Waals surface area contributed by atoms with Gasteiger partial charge in [-0.15, -0.1) is 12.4 Å². The summed E-state index contributed by atoms with van der Waals surface area (Å²) in [7, 11) is 0. The topological polar surface area (TPSA) is 137 Å². The van der Waals surface area contributed by atoms with E-state index < -0.39 is 17.8 Å². The van der Waals surface area contributed by atoms with Crippen molar-refractivity contribution in [3.8, 4) is 0 Å². The van der Waals surface area contributed by atoms with Gasteiger partial charge in [0.2, 0.25) is 11.8 Å². The van der Waals surface area contributed by atoms with Crippen LogP contribution in [-0.4, -0.2) is 43.4 Å². The molecule has 0 spiro atoms. The summed E-state index contributed by atoms with van der Waals surface area (Å²) >= 11 is 0. The molecule has 9 nitrogen and oxygen atoms in total. The van der Waals surface area contributed by atoms with Crippen LogP contribution in [0.4, 0.5) is 0 Å². The highest BCUT2D eigenvalue weighted by atomic mass is 35.5. The smallest absolute Gasteiger partial charge is 0.337 e. The summed E-state index contributed by atoms with van der Waals surface area (Å²) in [6.07, 6.45) is 3.08. The molecule has 2 heterocycles. The van der Waals surface area contributed by atoms with Crippen LogP contribution in [0.2, 0.25) is 0 Å². The quantitative estimate of drug-likeness (QED) is 0.388. The molecule has 0 saturated carbocycles. The van der Waals surface area contributed by atoms with Gasteiger partial charge in [0.25, 0.3) is 0 Å². The highest BCUT2D eigenvalue weighted by Crippen LogP contribution is 2.10. The zero-order valence-electron chi connectivity index (χ0n) is 10.2. The lowest BCUT2D eigenvalue weighted by Crippen LogP contribution is -2.48. The maximum absolute atomic E-state index is 10.6. The first-order chi connectivity index (χ1) is 8.93. The van der Waals surface area contributed by atoms with E-state index in [9.17, 15) is 14.4 Å². The zero-order valence-corrected chi connectivity index (χ0v) is 11.0. The minimum atomic E-state index is -0.942. The van der Waals surface area contributed by atoms with Crippen LogP contribution >= 0.6 is 12.4 Å². The molecule has 0 atom stereocenters. The number of nitrogens with zero attached hydrogens (tertiary/aromatic N) is 3. The average Bonchev–Trinajstić information content (AvgIpc) is 2.71. The van der Waals surface area contributed by atoms with Crippen molar-refractivity contribution in [3.05, 3.63) is 30.1 Å². The van der Waals surface area contributed by atoms with Crippen molar-refractivity contribution < 1.29 is 24.7 Å². The number of carbonyl (C=O) groups is 3. The molecule has 4 N–H and O–H groups in total. The zero-order chi connectivity index (χ0) is 14.4. The summed E-state index contributed by atoms with van der Waals surface area (Å²) in [4.78, 5) is 35.1. The fraction of sp³-hybridized carbons (Fsp3) is 0.200. The lowest BCUT2D eigenvalue weighted by molar-refractivity contribution is -0.233. The maximum Gasteiger partial charge on any atom is 0.337 e. The standard InChI is InChI=1S/C6H5NO2.C4H7N3O3.ClH/c8-6(9)5-2-1-3-7-4-5;5-7(10)6-3(8)1-2-4(6)9;/h1-4H,(H,8,9);10H,1-2,5H2;1H. The van der Waals surface area contributed by atoms with E-state index in [-0.39, 0.29) is 36.1 Å². The van der Waals surface area contributed by atoms with Crippen molar-refractivity contribution in [1.29, 1.82) is 0 Å². The number of halogens is 1. The molecule has 1 fully saturated rings. The van der Waals surface area contributed by atoms with Gasteiger partial charge in [-0.05, 0) is 17.4 Å². The molecule has 2 rings (SSSR count). The van der Waals surface area contributed by atoms with Crippen LogP contribution in [0.5, 0.6) is 0 Å². The van der Waals surface area contributed by atoms with Gasteiger partial charge in [0.15, 0.2) is 0 Å². The first-order valence-electron chi connectivity index (χ1n) is 5.16. The minimum Gasteiger partial charge on any atom is -0.478 e. The fourth-order valence-corrected chi connectivity index (χ4v) is 1.28. The number of aromatic carboxylic acids is 1. The van der Waals surface area contributed by atoms with E-state index in [1.165, 1.54) is 18.5 Å². The molecule has 0 radical (unpaired) electrons. The molecule has 0 aromatic carbocycles. The maximum atomic E-state index is 10.6. The molecule has 20 heavy (non-hydrogen) atoms. The molecule has 1 aromatic heterocycles. The lowest BCUT2D eigenvalue weighted by atomic mass is 10.3. The van der Waals surface area contributed by atoms with E-state index in [0.717, 1.165) is 0 Å². The number of hydrogen-bond donors (Lipinski definition) is 3. The van der Waals surface area contributed by atoms with Gasteiger partial charge < -0.3 is 5.11 Å². The number of hydrogen-bond acceptors (Lipinski definition) is 7. The molecule has 2 amide bonds. The number of aromatic nitrogens is 1. The van der Waals surface area contributed by atoms with Gasteiger partial charge in [-0.1, -0.05) is 0 Å². The van der Waals surface area contributed by atoms with Gasteiger partial charge in [0, 0.05) is 25.2 Å².